The highest BCUT2D eigenvalue weighted by Gasteiger charge is 2.14. The summed E-state index contributed by atoms with van der Waals surface area (Å²) in [4.78, 5) is 33.9. The number of fused-ring (bicyclic) bond motifs is 1. The molecule has 4 rings (SSSR count). The Morgan fingerprint density at radius 2 is 1.90 bits per heavy atom. The molecule has 4 aromatic rings. The lowest BCUT2D eigenvalue weighted by Crippen LogP contribution is -2.15. The van der Waals surface area contributed by atoms with E-state index < -0.39 is 0 Å². The summed E-state index contributed by atoms with van der Waals surface area (Å²) >= 11 is 2.79. The van der Waals surface area contributed by atoms with Crippen LogP contribution in [0.25, 0.3) is 16.2 Å². The van der Waals surface area contributed by atoms with Gasteiger partial charge in [0.1, 0.15) is 0 Å². The van der Waals surface area contributed by atoms with Gasteiger partial charge in [0.15, 0.2) is 10.1 Å². The third-order valence-electron chi connectivity index (χ3n) is 4.40. The van der Waals surface area contributed by atoms with Crippen molar-refractivity contribution in [3.63, 3.8) is 0 Å². The molecule has 0 atom stereocenters. The van der Waals surface area contributed by atoms with Crippen molar-refractivity contribution in [2.24, 2.45) is 0 Å². The number of nitrogens with one attached hydrogen (secondary N) is 1. The summed E-state index contributed by atoms with van der Waals surface area (Å²) in [5.41, 5.74) is 4.58. The molecule has 0 spiro atoms. The van der Waals surface area contributed by atoms with Gasteiger partial charge < -0.3 is 10.1 Å². The monoisotopic (exact) mass is 440 g/mol. The molecule has 0 radical (unpaired) electrons. The number of hydrogen-bond acceptors (Lipinski definition) is 7. The minimum atomic E-state index is -0.328. The highest BCUT2D eigenvalue weighted by molar-refractivity contribution is 7.15. The quantitative estimate of drug-likeness (QED) is 0.437. The maximum atomic E-state index is 12.5. The van der Waals surface area contributed by atoms with E-state index in [1.165, 1.54) is 28.2 Å². The second kappa shape index (κ2) is 8.76. The number of carbonyl (C=O) groups is 2. The van der Waals surface area contributed by atoms with Crippen LogP contribution in [0.1, 0.15) is 23.9 Å². The van der Waals surface area contributed by atoms with E-state index in [1.807, 2.05) is 28.1 Å². The number of imidazole rings is 1. The van der Waals surface area contributed by atoms with Gasteiger partial charge in [-0.2, -0.15) is 0 Å². The van der Waals surface area contributed by atoms with Crippen molar-refractivity contribution in [1.82, 2.24) is 14.4 Å². The summed E-state index contributed by atoms with van der Waals surface area (Å²) in [7, 11) is 0. The minimum absolute atomic E-state index is 0.0994. The molecule has 3 heterocycles. The van der Waals surface area contributed by atoms with Crippen LogP contribution >= 0.6 is 22.7 Å². The Labute approximate surface area is 181 Å². The van der Waals surface area contributed by atoms with Crippen molar-refractivity contribution in [3.8, 4) is 11.3 Å². The fraction of sp³-hybridized carbons (Fsp3) is 0.238. The number of esters is 1. The Bertz CT molecular complexity index is 1190. The largest absolute Gasteiger partial charge is 0.466 e. The van der Waals surface area contributed by atoms with Crippen LogP contribution in [0.15, 0.2) is 41.2 Å². The summed E-state index contributed by atoms with van der Waals surface area (Å²) in [6, 6.07) is 8.21. The van der Waals surface area contributed by atoms with Crippen LogP contribution in [0, 0.1) is 6.92 Å². The zero-order valence-electron chi connectivity index (χ0n) is 16.5. The maximum absolute atomic E-state index is 12.5. The molecule has 1 aromatic carbocycles. The summed E-state index contributed by atoms with van der Waals surface area (Å²) in [5, 5.41) is 6.96. The Kier molecular flexibility index (Phi) is 5.91. The predicted octanol–water partition coefficient (Wildman–Crippen LogP) is 4.11. The number of thiazole rings is 2. The molecule has 0 aliphatic carbocycles. The first kappa shape index (κ1) is 20.2. The number of carbonyl (C=O) groups excluding carboxylic acids is 2. The lowest BCUT2D eigenvalue weighted by molar-refractivity contribution is -0.142. The van der Waals surface area contributed by atoms with Crippen molar-refractivity contribution < 1.29 is 14.3 Å². The fourth-order valence-corrected chi connectivity index (χ4v) is 4.55. The van der Waals surface area contributed by atoms with Crippen molar-refractivity contribution in [2.75, 3.05) is 11.9 Å². The molecular formula is C21H20N4O3S2. The van der Waals surface area contributed by atoms with Crippen molar-refractivity contribution in [1.29, 1.82) is 0 Å². The van der Waals surface area contributed by atoms with E-state index in [9.17, 15) is 9.59 Å². The Morgan fingerprint density at radius 1 is 1.10 bits per heavy atom. The van der Waals surface area contributed by atoms with E-state index in [4.69, 9.17) is 4.74 Å². The molecular weight excluding hydrogens is 420 g/mol. The average Bonchev–Trinajstić information content (AvgIpc) is 3.40. The van der Waals surface area contributed by atoms with Gasteiger partial charge in [0.2, 0.25) is 5.91 Å². The van der Waals surface area contributed by atoms with E-state index in [2.05, 4.69) is 34.3 Å². The normalized spacial score (nSPS) is 11.0. The molecule has 0 saturated heterocycles. The topological polar surface area (TPSA) is 85.6 Å². The molecule has 3 aromatic heterocycles. The SMILES string of the molecule is CCOC(=O)Cc1csc(NC(=O)Cc2csc3nc(-c4ccc(C)cc4)cn23)n1. The van der Waals surface area contributed by atoms with Gasteiger partial charge in [-0.3, -0.25) is 14.0 Å². The van der Waals surface area contributed by atoms with Gasteiger partial charge in [0.05, 0.1) is 30.8 Å². The number of amides is 1. The van der Waals surface area contributed by atoms with E-state index in [0.717, 1.165) is 21.9 Å². The van der Waals surface area contributed by atoms with Crippen LogP contribution in [0.2, 0.25) is 0 Å². The number of aryl methyl sites for hydroxylation is 1. The van der Waals surface area contributed by atoms with E-state index >= 15 is 0 Å². The number of anilines is 1. The zero-order chi connectivity index (χ0) is 21.1. The molecule has 0 aliphatic heterocycles. The van der Waals surface area contributed by atoms with Gasteiger partial charge in [-0.15, -0.1) is 22.7 Å². The van der Waals surface area contributed by atoms with Gasteiger partial charge in [0, 0.05) is 28.2 Å². The number of nitrogens with zero attached hydrogens (tertiary/aromatic N) is 3. The number of rotatable bonds is 7. The lowest BCUT2D eigenvalue weighted by Gasteiger charge is -2.01. The van der Waals surface area contributed by atoms with Crippen LogP contribution in [0.4, 0.5) is 5.13 Å². The standard InChI is InChI=1S/C21H20N4O3S2/c1-3-28-19(27)8-15-11-29-20(22-15)24-18(26)9-16-12-30-21-23-17(10-25(16)21)14-6-4-13(2)5-7-14/h4-7,10-12H,3,8-9H2,1-2H3,(H,22,24,26). The van der Waals surface area contributed by atoms with Crippen LogP contribution < -0.4 is 5.32 Å². The molecule has 7 nitrogen and oxygen atoms in total. The molecule has 0 unspecified atom stereocenters. The molecule has 1 amide bonds. The highest BCUT2D eigenvalue weighted by atomic mass is 32.1. The Morgan fingerprint density at radius 3 is 2.67 bits per heavy atom. The average molecular weight is 441 g/mol. The lowest BCUT2D eigenvalue weighted by atomic mass is 10.1. The fourth-order valence-electron chi connectivity index (χ4n) is 2.95. The number of ether oxygens (including phenoxy) is 1. The van der Waals surface area contributed by atoms with Gasteiger partial charge in [0.25, 0.3) is 0 Å². The van der Waals surface area contributed by atoms with Crippen LogP contribution in [0.5, 0.6) is 0 Å². The van der Waals surface area contributed by atoms with Crippen LogP contribution in [-0.2, 0) is 27.2 Å². The molecule has 1 N–H and O–H groups in total. The molecule has 0 aliphatic rings. The maximum Gasteiger partial charge on any atom is 0.311 e. The van der Waals surface area contributed by atoms with E-state index in [-0.39, 0.29) is 24.7 Å². The van der Waals surface area contributed by atoms with E-state index in [0.29, 0.717) is 17.4 Å². The molecule has 0 saturated carbocycles. The second-order valence-electron chi connectivity index (χ2n) is 6.72. The Hall–Kier alpha value is -3.04. The predicted molar refractivity (Wildman–Crippen MR) is 118 cm³/mol. The first-order chi connectivity index (χ1) is 14.5. The third kappa shape index (κ3) is 4.58. The summed E-state index contributed by atoms with van der Waals surface area (Å²) in [6.45, 7) is 4.14. The van der Waals surface area contributed by atoms with Crippen LogP contribution in [-0.4, -0.2) is 32.9 Å². The van der Waals surface area contributed by atoms with Crippen molar-refractivity contribution in [3.05, 3.63) is 58.2 Å². The zero-order valence-corrected chi connectivity index (χ0v) is 18.2. The molecule has 9 heteroatoms. The molecule has 154 valence electrons. The second-order valence-corrected chi connectivity index (χ2v) is 8.42. The van der Waals surface area contributed by atoms with E-state index in [1.54, 1.807) is 12.3 Å². The summed E-state index contributed by atoms with van der Waals surface area (Å²) in [5.74, 6) is -0.497. The summed E-state index contributed by atoms with van der Waals surface area (Å²) < 4.78 is 6.87. The highest BCUT2D eigenvalue weighted by Crippen LogP contribution is 2.24. The van der Waals surface area contributed by atoms with Crippen molar-refractivity contribution >= 4 is 44.6 Å². The number of benzene rings is 1. The van der Waals surface area contributed by atoms with Gasteiger partial charge >= 0.3 is 5.97 Å². The van der Waals surface area contributed by atoms with Crippen molar-refractivity contribution in [2.45, 2.75) is 26.7 Å². The first-order valence-corrected chi connectivity index (χ1v) is 11.2. The molecule has 0 fully saturated rings. The first-order valence-electron chi connectivity index (χ1n) is 9.44. The Balaban J connectivity index is 1.43. The van der Waals surface area contributed by atoms with Gasteiger partial charge in [-0.05, 0) is 13.8 Å². The van der Waals surface area contributed by atoms with Crippen LogP contribution in [0.3, 0.4) is 0 Å². The molecule has 30 heavy (non-hydrogen) atoms. The number of hydrogen-bond donors (Lipinski definition) is 1. The van der Waals surface area contributed by atoms with Gasteiger partial charge in [-0.25, -0.2) is 9.97 Å². The third-order valence-corrected chi connectivity index (χ3v) is 6.10. The number of aromatic nitrogens is 3. The minimum Gasteiger partial charge on any atom is -0.466 e. The smallest absolute Gasteiger partial charge is 0.311 e. The molecule has 0 bridgehead atoms. The summed E-state index contributed by atoms with van der Waals surface area (Å²) in [6.07, 6.45) is 2.26. The van der Waals surface area contributed by atoms with Gasteiger partial charge in [-0.1, -0.05) is 29.8 Å².